The minimum Gasteiger partial charge on any atom is -0.369 e. The quantitative estimate of drug-likeness (QED) is 0.708. The molecule has 0 fully saturated rings. The van der Waals surface area contributed by atoms with E-state index < -0.39 is 5.82 Å². The number of hydrogen-bond donors (Lipinski definition) is 2. The van der Waals surface area contributed by atoms with E-state index in [9.17, 15) is 9.18 Å². The first-order chi connectivity index (χ1) is 11.0. The summed E-state index contributed by atoms with van der Waals surface area (Å²) in [6, 6.07) is 7.72. The number of nitrogens with two attached hydrogens (primary N) is 1. The van der Waals surface area contributed by atoms with Gasteiger partial charge in [0, 0.05) is 11.8 Å². The van der Waals surface area contributed by atoms with Crippen molar-refractivity contribution in [3.63, 3.8) is 0 Å². The van der Waals surface area contributed by atoms with Gasteiger partial charge in [-0.15, -0.1) is 10.2 Å². The summed E-state index contributed by atoms with van der Waals surface area (Å²) >= 11 is 1.14. The molecule has 23 heavy (non-hydrogen) atoms. The van der Waals surface area contributed by atoms with Crippen LogP contribution in [0.4, 0.5) is 16.0 Å². The molecule has 9 heteroatoms. The molecule has 0 saturated heterocycles. The fourth-order valence-corrected chi connectivity index (χ4v) is 2.76. The van der Waals surface area contributed by atoms with E-state index in [4.69, 9.17) is 5.73 Å². The topological polar surface area (TPSA) is 98.2 Å². The van der Waals surface area contributed by atoms with Gasteiger partial charge in [-0.3, -0.25) is 4.79 Å². The molecule has 0 aliphatic carbocycles. The molecule has 0 aliphatic heterocycles. The van der Waals surface area contributed by atoms with Crippen LogP contribution in [-0.2, 0) is 4.79 Å². The van der Waals surface area contributed by atoms with Gasteiger partial charge in [-0.2, -0.15) is 0 Å². The number of amides is 1. The van der Waals surface area contributed by atoms with Crippen LogP contribution in [0.1, 0.15) is 5.69 Å². The van der Waals surface area contributed by atoms with Crippen LogP contribution in [0.25, 0.3) is 5.65 Å². The van der Waals surface area contributed by atoms with E-state index in [1.807, 2.05) is 0 Å². The predicted molar refractivity (Wildman–Crippen MR) is 85.7 cm³/mol. The number of para-hydroxylation sites is 1. The highest BCUT2D eigenvalue weighted by atomic mass is 32.2. The SMILES string of the molecule is Cc1cc2nnc(SCC(=O)Nc3ccccc3F)n2c(N)n1. The second kappa shape index (κ2) is 6.21. The molecule has 0 spiro atoms. The summed E-state index contributed by atoms with van der Waals surface area (Å²) in [5.41, 5.74) is 7.29. The minimum absolute atomic E-state index is 0.0441. The fourth-order valence-electron chi connectivity index (χ4n) is 2.01. The highest BCUT2D eigenvalue weighted by Gasteiger charge is 2.13. The number of aromatic nitrogens is 4. The number of thioether (sulfide) groups is 1. The first-order valence-corrected chi connectivity index (χ1v) is 7.68. The Balaban J connectivity index is 1.71. The lowest BCUT2D eigenvalue weighted by Crippen LogP contribution is -2.15. The van der Waals surface area contributed by atoms with Gasteiger partial charge < -0.3 is 11.1 Å². The molecule has 3 rings (SSSR count). The summed E-state index contributed by atoms with van der Waals surface area (Å²) in [6.07, 6.45) is 0. The molecule has 0 radical (unpaired) electrons. The maximum Gasteiger partial charge on any atom is 0.234 e. The largest absolute Gasteiger partial charge is 0.369 e. The van der Waals surface area contributed by atoms with Crippen molar-refractivity contribution in [1.29, 1.82) is 0 Å². The van der Waals surface area contributed by atoms with Crippen LogP contribution < -0.4 is 11.1 Å². The predicted octanol–water partition coefficient (Wildman–Crippen LogP) is 1.88. The number of carbonyl (C=O) groups is 1. The van der Waals surface area contributed by atoms with Crippen molar-refractivity contribution in [2.75, 3.05) is 16.8 Å². The summed E-state index contributed by atoms with van der Waals surface area (Å²) in [7, 11) is 0. The first kappa shape index (κ1) is 15.2. The van der Waals surface area contributed by atoms with Gasteiger partial charge in [0.2, 0.25) is 11.9 Å². The normalized spacial score (nSPS) is 10.9. The molecule has 1 amide bonds. The second-order valence-electron chi connectivity index (χ2n) is 4.75. The molecule has 0 aliphatic rings. The van der Waals surface area contributed by atoms with Crippen molar-refractivity contribution < 1.29 is 9.18 Å². The highest BCUT2D eigenvalue weighted by molar-refractivity contribution is 7.99. The van der Waals surface area contributed by atoms with Gasteiger partial charge in [-0.25, -0.2) is 13.8 Å². The average molecular weight is 332 g/mol. The average Bonchev–Trinajstić information content (AvgIpc) is 2.90. The number of fused-ring (bicyclic) bond motifs is 1. The van der Waals surface area contributed by atoms with E-state index in [-0.39, 0.29) is 23.3 Å². The number of benzene rings is 1. The molecule has 0 atom stereocenters. The molecule has 2 heterocycles. The van der Waals surface area contributed by atoms with Crippen LogP contribution in [0.2, 0.25) is 0 Å². The number of rotatable bonds is 4. The third-order valence-corrected chi connectivity index (χ3v) is 3.93. The van der Waals surface area contributed by atoms with Crippen LogP contribution in [-0.4, -0.2) is 31.2 Å². The molecule has 1 aromatic carbocycles. The third kappa shape index (κ3) is 3.24. The number of aryl methyl sites for hydroxylation is 1. The molecule has 3 aromatic rings. The van der Waals surface area contributed by atoms with Crippen LogP contribution in [0.15, 0.2) is 35.5 Å². The Kier molecular flexibility index (Phi) is 4.11. The Morgan fingerprint density at radius 3 is 2.96 bits per heavy atom. The smallest absolute Gasteiger partial charge is 0.234 e. The number of nitrogens with zero attached hydrogens (tertiary/aromatic N) is 4. The van der Waals surface area contributed by atoms with Gasteiger partial charge in [-0.1, -0.05) is 23.9 Å². The summed E-state index contributed by atoms with van der Waals surface area (Å²) < 4.78 is 15.1. The Labute approximate surface area is 135 Å². The molecule has 3 N–H and O–H groups in total. The fraction of sp³-hybridized carbons (Fsp3) is 0.143. The van der Waals surface area contributed by atoms with Gasteiger partial charge in [0.1, 0.15) is 5.82 Å². The highest BCUT2D eigenvalue weighted by Crippen LogP contribution is 2.20. The number of anilines is 2. The van der Waals surface area contributed by atoms with E-state index >= 15 is 0 Å². The molecule has 118 valence electrons. The summed E-state index contributed by atoms with van der Waals surface area (Å²) in [4.78, 5) is 16.1. The van der Waals surface area contributed by atoms with Crippen molar-refractivity contribution in [2.45, 2.75) is 12.1 Å². The number of halogens is 1. The standard InChI is InChI=1S/C14H13FN6OS/c1-8-6-11-19-20-14(21(11)13(16)17-8)23-7-12(22)18-10-5-3-2-4-9(10)15/h2-6H,7H2,1H3,(H2,16,17)(H,18,22). The van der Waals surface area contributed by atoms with Crippen molar-refractivity contribution in [3.05, 3.63) is 41.8 Å². The molecule has 0 bridgehead atoms. The van der Waals surface area contributed by atoms with Crippen molar-refractivity contribution >= 4 is 35.0 Å². The monoisotopic (exact) mass is 332 g/mol. The van der Waals surface area contributed by atoms with Crippen LogP contribution in [0.3, 0.4) is 0 Å². The van der Waals surface area contributed by atoms with Crippen molar-refractivity contribution in [1.82, 2.24) is 19.6 Å². The molecular weight excluding hydrogens is 319 g/mol. The van der Waals surface area contributed by atoms with E-state index in [0.29, 0.717) is 10.8 Å². The first-order valence-electron chi connectivity index (χ1n) is 6.70. The molecule has 7 nitrogen and oxygen atoms in total. The zero-order valence-corrected chi connectivity index (χ0v) is 13.0. The van der Waals surface area contributed by atoms with Gasteiger partial charge >= 0.3 is 0 Å². The zero-order valence-electron chi connectivity index (χ0n) is 12.2. The van der Waals surface area contributed by atoms with Crippen LogP contribution >= 0.6 is 11.8 Å². The van der Waals surface area contributed by atoms with Crippen LogP contribution in [0, 0.1) is 12.7 Å². The zero-order chi connectivity index (χ0) is 16.4. The van der Waals surface area contributed by atoms with Crippen molar-refractivity contribution in [2.24, 2.45) is 0 Å². The summed E-state index contributed by atoms with van der Waals surface area (Å²) in [6.45, 7) is 1.81. The van der Waals surface area contributed by atoms with E-state index in [0.717, 1.165) is 17.5 Å². The van der Waals surface area contributed by atoms with E-state index in [2.05, 4.69) is 20.5 Å². The van der Waals surface area contributed by atoms with E-state index in [1.54, 1.807) is 29.5 Å². The Hall–Kier alpha value is -2.68. The van der Waals surface area contributed by atoms with Gasteiger partial charge in [-0.05, 0) is 19.1 Å². The second-order valence-corrected chi connectivity index (χ2v) is 5.69. The molecule has 2 aromatic heterocycles. The van der Waals surface area contributed by atoms with Gasteiger partial charge in [0.25, 0.3) is 0 Å². The van der Waals surface area contributed by atoms with Gasteiger partial charge in [0.15, 0.2) is 10.8 Å². The van der Waals surface area contributed by atoms with Crippen LogP contribution in [0.5, 0.6) is 0 Å². The number of nitrogens with one attached hydrogen (secondary N) is 1. The maximum atomic E-state index is 13.5. The third-order valence-electron chi connectivity index (χ3n) is 3.00. The summed E-state index contributed by atoms with van der Waals surface area (Å²) in [5, 5.41) is 11.0. The Bertz CT molecular complexity index is 881. The minimum atomic E-state index is -0.484. The lowest BCUT2D eigenvalue weighted by Gasteiger charge is -2.06. The Morgan fingerprint density at radius 1 is 1.39 bits per heavy atom. The lowest BCUT2D eigenvalue weighted by atomic mass is 10.3. The molecular formula is C14H13FN6OS. The Morgan fingerprint density at radius 2 is 2.17 bits per heavy atom. The van der Waals surface area contributed by atoms with E-state index in [1.165, 1.54) is 12.1 Å². The number of hydrogen-bond acceptors (Lipinski definition) is 6. The van der Waals surface area contributed by atoms with Crippen molar-refractivity contribution in [3.8, 4) is 0 Å². The summed E-state index contributed by atoms with van der Waals surface area (Å²) in [5.74, 6) is -0.539. The molecule has 0 saturated carbocycles. The molecule has 0 unspecified atom stereocenters. The number of carbonyl (C=O) groups excluding carboxylic acids is 1. The van der Waals surface area contributed by atoms with Gasteiger partial charge in [0.05, 0.1) is 11.4 Å². The lowest BCUT2D eigenvalue weighted by molar-refractivity contribution is -0.113. The number of nitrogen functional groups attached to an aromatic ring is 1. The maximum absolute atomic E-state index is 13.5.